The fraction of sp³-hybridized carbons (Fsp3) is 0.364. The van der Waals surface area contributed by atoms with Crippen molar-refractivity contribution in [3.8, 4) is 0 Å². The minimum Gasteiger partial charge on any atom is -0.368 e. The molecule has 5 heteroatoms. The van der Waals surface area contributed by atoms with Gasteiger partial charge in [0.25, 0.3) is 5.91 Å². The third-order valence-electron chi connectivity index (χ3n) is 4.88. The molecule has 1 aliphatic rings. The highest BCUT2D eigenvalue weighted by Gasteiger charge is 2.24. The predicted molar refractivity (Wildman–Crippen MR) is 109 cm³/mol. The number of rotatable bonds is 6. The van der Waals surface area contributed by atoms with Crippen molar-refractivity contribution < 1.29 is 9.59 Å². The number of unbranched alkanes of at least 4 members (excludes halogenated alkanes) is 1. The number of para-hydroxylation sites is 2. The van der Waals surface area contributed by atoms with Gasteiger partial charge in [0.05, 0.1) is 11.3 Å². The number of amides is 2. The summed E-state index contributed by atoms with van der Waals surface area (Å²) in [6.07, 6.45) is 2.30. The van der Waals surface area contributed by atoms with Crippen LogP contribution in [-0.4, -0.2) is 42.9 Å². The molecule has 1 aliphatic heterocycles. The van der Waals surface area contributed by atoms with Crippen LogP contribution in [0.4, 0.5) is 11.4 Å². The van der Waals surface area contributed by atoms with Crippen molar-refractivity contribution in [1.29, 1.82) is 0 Å². The Bertz CT molecular complexity index is 768. The predicted octanol–water partition coefficient (Wildman–Crippen LogP) is 3.78. The highest BCUT2D eigenvalue weighted by molar-refractivity contribution is 6.03. The van der Waals surface area contributed by atoms with Gasteiger partial charge >= 0.3 is 0 Å². The van der Waals surface area contributed by atoms with Crippen LogP contribution >= 0.6 is 0 Å². The number of hydrogen-bond donors (Lipinski definition) is 1. The number of anilines is 2. The molecule has 1 fully saturated rings. The molecule has 0 saturated carbocycles. The maximum atomic E-state index is 13.0. The molecule has 1 saturated heterocycles. The summed E-state index contributed by atoms with van der Waals surface area (Å²) < 4.78 is 0. The van der Waals surface area contributed by atoms with Gasteiger partial charge in [-0.15, -0.1) is 0 Å². The molecule has 0 unspecified atom stereocenters. The lowest BCUT2D eigenvalue weighted by Gasteiger charge is -2.36. The average molecular weight is 365 g/mol. The van der Waals surface area contributed by atoms with Gasteiger partial charge in [0.1, 0.15) is 0 Å². The van der Waals surface area contributed by atoms with Gasteiger partial charge < -0.3 is 15.1 Å². The first-order valence-corrected chi connectivity index (χ1v) is 9.67. The normalized spacial score (nSPS) is 14.1. The number of nitrogens with one attached hydrogen (secondary N) is 1. The molecule has 0 atom stereocenters. The van der Waals surface area contributed by atoms with Crippen molar-refractivity contribution in [1.82, 2.24) is 4.90 Å². The largest absolute Gasteiger partial charge is 0.368 e. The SMILES string of the molecule is CCCCC(=O)Nc1ccccc1C(=O)N1CCN(c2ccccc2)CC1. The summed E-state index contributed by atoms with van der Waals surface area (Å²) in [6.45, 7) is 5.01. The zero-order chi connectivity index (χ0) is 19.1. The summed E-state index contributed by atoms with van der Waals surface area (Å²) in [5.74, 6) is -0.0555. The van der Waals surface area contributed by atoms with Gasteiger partial charge in [0, 0.05) is 38.3 Å². The van der Waals surface area contributed by atoms with Crippen LogP contribution in [0.5, 0.6) is 0 Å². The number of nitrogens with zero attached hydrogens (tertiary/aromatic N) is 2. The van der Waals surface area contributed by atoms with Crippen LogP contribution in [0.15, 0.2) is 54.6 Å². The van der Waals surface area contributed by atoms with E-state index in [2.05, 4.69) is 29.3 Å². The summed E-state index contributed by atoms with van der Waals surface area (Å²) >= 11 is 0. The maximum Gasteiger partial charge on any atom is 0.256 e. The molecule has 142 valence electrons. The van der Waals surface area contributed by atoms with E-state index in [-0.39, 0.29) is 11.8 Å². The van der Waals surface area contributed by atoms with Crippen molar-refractivity contribution in [2.75, 3.05) is 36.4 Å². The fourth-order valence-electron chi connectivity index (χ4n) is 3.31. The Morgan fingerprint density at radius 3 is 2.30 bits per heavy atom. The van der Waals surface area contributed by atoms with E-state index >= 15 is 0 Å². The highest BCUT2D eigenvalue weighted by atomic mass is 16.2. The summed E-state index contributed by atoms with van der Waals surface area (Å²) in [5.41, 5.74) is 2.36. The van der Waals surface area contributed by atoms with E-state index in [0.29, 0.717) is 30.8 Å². The first-order valence-electron chi connectivity index (χ1n) is 9.67. The Balaban J connectivity index is 1.64. The molecule has 0 aliphatic carbocycles. The second kappa shape index (κ2) is 9.21. The lowest BCUT2D eigenvalue weighted by molar-refractivity contribution is -0.116. The molecule has 0 aromatic heterocycles. The summed E-state index contributed by atoms with van der Waals surface area (Å²) in [5, 5.41) is 2.90. The number of benzene rings is 2. The maximum absolute atomic E-state index is 13.0. The summed E-state index contributed by atoms with van der Waals surface area (Å²) in [4.78, 5) is 29.3. The van der Waals surface area contributed by atoms with E-state index in [0.717, 1.165) is 25.9 Å². The molecule has 2 aromatic rings. The summed E-state index contributed by atoms with van der Waals surface area (Å²) in [7, 11) is 0. The Kier molecular flexibility index (Phi) is 6.47. The van der Waals surface area contributed by atoms with Gasteiger partial charge in [-0.05, 0) is 30.7 Å². The van der Waals surface area contributed by atoms with E-state index in [1.54, 1.807) is 12.1 Å². The molecule has 1 heterocycles. The zero-order valence-electron chi connectivity index (χ0n) is 15.9. The molecule has 2 amide bonds. The van der Waals surface area contributed by atoms with Gasteiger partial charge in [-0.2, -0.15) is 0 Å². The van der Waals surface area contributed by atoms with Crippen LogP contribution in [0.3, 0.4) is 0 Å². The Labute approximate surface area is 161 Å². The molecule has 5 nitrogen and oxygen atoms in total. The van der Waals surface area contributed by atoms with Crippen LogP contribution < -0.4 is 10.2 Å². The Morgan fingerprint density at radius 2 is 1.59 bits per heavy atom. The van der Waals surface area contributed by atoms with E-state index in [1.165, 1.54) is 5.69 Å². The summed E-state index contributed by atoms with van der Waals surface area (Å²) in [6, 6.07) is 17.5. The molecule has 0 radical (unpaired) electrons. The zero-order valence-corrected chi connectivity index (χ0v) is 15.9. The number of hydrogen-bond acceptors (Lipinski definition) is 3. The van der Waals surface area contributed by atoms with E-state index < -0.39 is 0 Å². The van der Waals surface area contributed by atoms with Gasteiger partial charge in [0.15, 0.2) is 0 Å². The van der Waals surface area contributed by atoms with Crippen LogP contribution in [0, 0.1) is 0 Å². The van der Waals surface area contributed by atoms with Crippen LogP contribution in [-0.2, 0) is 4.79 Å². The van der Waals surface area contributed by atoms with Crippen molar-refractivity contribution in [3.63, 3.8) is 0 Å². The molecule has 0 bridgehead atoms. The molecule has 3 rings (SSSR count). The molecule has 0 spiro atoms. The molecular formula is C22H27N3O2. The molecule has 1 N–H and O–H groups in total. The fourth-order valence-corrected chi connectivity index (χ4v) is 3.31. The van der Waals surface area contributed by atoms with Crippen LogP contribution in [0.1, 0.15) is 36.5 Å². The van der Waals surface area contributed by atoms with E-state index in [9.17, 15) is 9.59 Å². The topological polar surface area (TPSA) is 52.7 Å². The minimum atomic E-state index is -0.0361. The smallest absolute Gasteiger partial charge is 0.256 e. The third-order valence-corrected chi connectivity index (χ3v) is 4.88. The van der Waals surface area contributed by atoms with Gasteiger partial charge in [-0.1, -0.05) is 43.7 Å². The van der Waals surface area contributed by atoms with Crippen molar-refractivity contribution in [2.45, 2.75) is 26.2 Å². The Morgan fingerprint density at radius 1 is 0.926 bits per heavy atom. The van der Waals surface area contributed by atoms with Crippen LogP contribution in [0.25, 0.3) is 0 Å². The quantitative estimate of drug-likeness (QED) is 0.848. The number of piperazine rings is 1. The minimum absolute atomic E-state index is 0.0193. The third kappa shape index (κ3) is 4.88. The average Bonchev–Trinajstić information content (AvgIpc) is 2.73. The van der Waals surface area contributed by atoms with Gasteiger partial charge in [-0.3, -0.25) is 9.59 Å². The second-order valence-electron chi connectivity index (χ2n) is 6.81. The first-order chi connectivity index (χ1) is 13.2. The molecule has 27 heavy (non-hydrogen) atoms. The van der Waals surface area contributed by atoms with Gasteiger partial charge in [0.2, 0.25) is 5.91 Å². The van der Waals surface area contributed by atoms with Crippen LogP contribution in [0.2, 0.25) is 0 Å². The van der Waals surface area contributed by atoms with E-state index in [4.69, 9.17) is 0 Å². The van der Waals surface area contributed by atoms with Gasteiger partial charge in [-0.25, -0.2) is 0 Å². The lowest BCUT2D eigenvalue weighted by Crippen LogP contribution is -2.48. The number of carbonyl (C=O) groups excluding carboxylic acids is 2. The molecule has 2 aromatic carbocycles. The standard InChI is InChI=1S/C22H27N3O2/c1-2-3-13-21(26)23-20-12-8-7-11-19(20)22(27)25-16-14-24(15-17-25)18-9-5-4-6-10-18/h4-12H,2-3,13-17H2,1H3,(H,23,26). The number of carbonyl (C=O) groups is 2. The lowest BCUT2D eigenvalue weighted by atomic mass is 10.1. The second-order valence-corrected chi connectivity index (χ2v) is 6.81. The van der Waals surface area contributed by atoms with Crippen molar-refractivity contribution >= 4 is 23.2 Å². The van der Waals surface area contributed by atoms with E-state index in [1.807, 2.05) is 35.2 Å². The monoisotopic (exact) mass is 365 g/mol. The molecular weight excluding hydrogens is 338 g/mol. The first kappa shape index (κ1) is 19.0. The Hall–Kier alpha value is -2.82. The van der Waals surface area contributed by atoms with Crippen molar-refractivity contribution in [2.24, 2.45) is 0 Å². The van der Waals surface area contributed by atoms with Crippen molar-refractivity contribution in [3.05, 3.63) is 60.2 Å². The highest BCUT2D eigenvalue weighted by Crippen LogP contribution is 2.21.